The van der Waals surface area contributed by atoms with Gasteiger partial charge < -0.3 is 10.8 Å². The Hall–Kier alpha value is -1.51. The molecule has 1 aromatic carbocycles. The van der Waals surface area contributed by atoms with E-state index in [0.29, 0.717) is 18.5 Å². The number of carboxylic acid groups (broad SMARTS) is 1. The molecule has 3 N–H and O–H groups in total. The minimum absolute atomic E-state index is 0.572. The van der Waals surface area contributed by atoms with Gasteiger partial charge in [-0.2, -0.15) is 0 Å². The average Bonchev–Trinajstić information content (AvgIpc) is 2.20. The van der Waals surface area contributed by atoms with Crippen LogP contribution < -0.4 is 5.73 Å². The van der Waals surface area contributed by atoms with Crippen molar-refractivity contribution in [2.24, 2.45) is 0 Å². The molecule has 0 saturated carbocycles. The van der Waals surface area contributed by atoms with Gasteiger partial charge in [-0.3, -0.25) is 4.79 Å². The molecule has 0 aliphatic heterocycles. The van der Waals surface area contributed by atoms with Crippen LogP contribution in [-0.2, 0) is 10.2 Å². The number of carbonyl (C=O) groups is 1. The first-order chi connectivity index (χ1) is 7.06. The fraction of sp³-hybridized carbons (Fsp3) is 0.417. The van der Waals surface area contributed by atoms with Crippen LogP contribution in [0.5, 0.6) is 0 Å². The third-order valence-corrected chi connectivity index (χ3v) is 3.06. The zero-order valence-electron chi connectivity index (χ0n) is 9.16. The predicted octanol–water partition coefficient (Wildman–Crippen LogP) is 2.41. The monoisotopic (exact) mass is 207 g/mol. The molecule has 0 aromatic heterocycles. The summed E-state index contributed by atoms with van der Waals surface area (Å²) in [6, 6.07) is 7.15. The van der Waals surface area contributed by atoms with Gasteiger partial charge in [-0.15, -0.1) is 0 Å². The third kappa shape index (κ3) is 1.96. The first-order valence-corrected chi connectivity index (χ1v) is 5.16. The Kier molecular flexibility index (Phi) is 3.35. The Morgan fingerprint density at radius 3 is 2.40 bits per heavy atom. The highest BCUT2D eigenvalue weighted by atomic mass is 16.4. The van der Waals surface area contributed by atoms with E-state index < -0.39 is 11.4 Å². The molecule has 0 saturated heterocycles. The van der Waals surface area contributed by atoms with Gasteiger partial charge in [-0.1, -0.05) is 26.0 Å². The molecule has 0 heterocycles. The second kappa shape index (κ2) is 4.34. The van der Waals surface area contributed by atoms with Gasteiger partial charge in [-0.05, 0) is 30.5 Å². The lowest BCUT2D eigenvalue weighted by Gasteiger charge is -2.27. The van der Waals surface area contributed by atoms with Crippen molar-refractivity contribution in [3.63, 3.8) is 0 Å². The lowest BCUT2D eigenvalue weighted by Crippen LogP contribution is -2.34. The molecule has 0 aliphatic carbocycles. The van der Waals surface area contributed by atoms with Crippen molar-refractivity contribution in [3.05, 3.63) is 29.8 Å². The molecular weight excluding hydrogens is 190 g/mol. The molecule has 1 aromatic rings. The fourth-order valence-corrected chi connectivity index (χ4v) is 1.92. The molecule has 0 radical (unpaired) electrons. The van der Waals surface area contributed by atoms with Crippen molar-refractivity contribution >= 4 is 11.7 Å². The Bertz CT molecular complexity index is 356. The van der Waals surface area contributed by atoms with E-state index in [1.165, 1.54) is 0 Å². The summed E-state index contributed by atoms with van der Waals surface area (Å²) in [7, 11) is 0. The highest BCUT2D eigenvalue weighted by molar-refractivity contribution is 5.81. The largest absolute Gasteiger partial charge is 0.481 e. The van der Waals surface area contributed by atoms with Gasteiger partial charge in [-0.25, -0.2) is 0 Å². The average molecular weight is 207 g/mol. The third-order valence-electron chi connectivity index (χ3n) is 3.06. The maximum absolute atomic E-state index is 11.4. The lowest BCUT2D eigenvalue weighted by molar-refractivity contribution is -0.144. The zero-order chi connectivity index (χ0) is 11.5. The summed E-state index contributed by atoms with van der Waals surface area (Å²) in [5, 5.41) is 9.33. The first kappa shape index (κ1) is 11.6. The lowest BCUT2D eigenvalue weighted by atomic mass is 9.76. The Labute approximate surface area is 89.9 Å². The number of aliphatic carboxylic acids is 1. The second-order valence-corrected chi connectivity index (χ2v) is 3.72. The molecule has 3 nitrogen and oxygen atoms in total. The van der Waals surface area contributed by atoms with Gasteiger partial charge in [0.25, 0.3) is 0 Å². The molecule has 82 valence electrons. The van der Waals surface area contributed by atoms with Crippen LogP contribution in [0.2, 0.25) is 0 Å². The van der Waals surface area contributed by atoms with E-state index >= 15 is 0 Å². The van der Waals surface area contributed by atoms with Crippen molar-refractivity contribution in [3.8, 4) is 0 Å². The quantitative estimate of drug-likeness (QED) is 0.745. The van der Waals surface area contributed by atoms with E-state index in [-0.39, 0.29) is 0 Å². The summed E-state index contributed by atoms with van der Waals surface area (Å²) in [6.45, 7) is 3.78. The minimum Gasteiger partial charge on any atom is -0.481 e. The van der Waals surface area contributed by atoms with Crippen molar-refractivity contribution < 1.29 is 9.90 Å². The number of benzene rings is 1. The maximum Gasteiger partial charge on any atom is 0.314 e. The highest BCUT2D eigenvalue weighted by Gasteiger charge is 2.36. The van der Waals surface area contributed by atoms with Gasteiger partial charge in [0.15, 0.2) is 0 Å². The van der Waals surface area contributed by atoms with E-state index in [2.05, 4.69) is 0 Å². The van der Waals surface area contributed by atoms with Crippen molar-refractivity contribution in [1.82, 2.24) is 0 Å². The summed E-state index contributed by atoms with van der Waals surface area (Å²) in [4.78, 5) is 11.4. The summed E-state index contributed by atoms with van der Waals surface area (Å²) < 4.78 is 0. The van der Waals surface area contributed by atoms with E-state index in [4.69, 9.17) is 5.73 Å². The standard InChI is InChI=1S/C12H17NO2/c1-3-12(4-2,11(14)15)9-6-5-7-10(13)8-9/h5-8H,3-4,13H2,1-2H3,(H,14,15). The Balaban J connectivity index is 3.26. The number of hydrogen-bond acceptors (Lipinski definition) is 2. The SMILES string of the molecule is CCC(CC)(C(=O)O)c1cccc(N)c1. The smallest absolute Gasteiger partial charge is 0.314 e. The van der Waals surface area contributed by atoms with Gasteiger partial charge in [0.2, 0.25) is 0 Å². The number of carboxylic acids is 1. The fourth-order valence-electron chi connectivity index (χ4n) is 1.92. The molecule has 0 amide bonds. The normalized spacial score (nSPS) is 11.3. The van der Waals surface area contributed by atoms with Crippen LogP contribution in [0.3, 0.4) is 0 Å². The molecule has 1 rings (SSSR count). The number of rotatable bonds is 4. The molecule has 0 unspecified atom stereocenters. The molecule has 0 atom stereocenters. The number of nitrogen functional groups attached to an aromatic ring is 1. The number of anilines is 1. The van der Waals surface area contributed by atoms with Crippen molar-refractivity contribution in [1.29, 1.82) is 0 Å². The minimum atomic E-state index is -0.796. The molecule has 0 fully saturated rings. The number of nitrogens with two attached hydrogens (primary N) is 1. The van der Waals surface area contributed by atoms with Gasteiger partial charge in [0.1, 0.15) is 0 Å². The zero-order valence-corrected chi connectivity index (χ0v) is 9.16. The van der Waals surface area contributed by atoms with E-state index in [1.807, 2.05) is 19.9 Å². The van der Waals surface area contributed by atoms with Crippen LogP contribution in [0, 0.1) is 0 Å². The van der Waals surface area contributed by atoms with E-state index in [1.54, 1.807) is 18.2 Å². The van der Waals surface area contributed by atoms with Crippen molar-refractivity contribution in [2.45, 2.75) is 32.1 Å². The van der Waals surface area contributed by atoms with Crippen LogP contribution in [0.15, 0.2) is 24.3 Å². The maximum atomic E-state index is 11.4. The second-order valence-electron chi connectivity index (χ2n) is 3.72. The Morgan fingerprint density at radius 1 is 1.40 bits per heavy atom. The summed E-state index contributed by atoms with van der Waals surface area (Å²) in [5.74, 6) is -0.780. The van der Waals surface area contributed by atoms with Crippen LogP contribution in [0.4, 0.5) is 5.69 Å². The molecular formula is C12H17NO2. The highest BCUT2D eigenvalue weighted by Crippen LogP contribution is 2.32. The van der Waals surface area contributed by atoms with Crippen molar-refractivity contribution in [2.75, 3.05) is 5.73 Å². The molecule has 0 aliphatic rings. The van der Waals surface area contributed by atoms with E-state index in [9.17, 15) is 9.90 Å². The summed E-state index contributed by atoms with van der Waals surface area (Å²) in [6.07, 6.45) is 1.14. The number of hydrogen-bond donors (Lipinski definition) is 2. The molecule has 0 bridgehead atoms. The van der Waals surface area contributed by atoms with Gasteiger partial charge >= 0.3 is 5.97 Å². The molecule has 15 heavy (non-hydrogen) atoms. The van der Waals surface area contributed by atoms with Crippen LogP contribution in [0.25, 0.3) is 0 Å². The summed E-state index contributed by atoms with van der Waals surface area (Å²) >= 11 is 0. The predicted molar refractivity (Wildman–Crippen MR) is 60.8 cm³/mol. The van der Waals surface area contributed by atoms with Crippen LogP contribution in [-0.4, -0.2) is 11.1 Å². The first-order valence-electron chi connectivity index (χ1n) is 5.16. The molecule has 0 spiro atoms. The van der Waals surface area contributed by atoms with E-state index in [0.717, 1.165) is 5.56 Å². The molecule has 3 heteroatoms. The Morgan fingerprint density at radius 2 is 2.00 bits per heavy atom. The summed E-state index contributed by atoms with van der Waals surface area (Å²) in [5.41, 5.74) is 6.28. The van der Waals surface area contributed by atoms with Gasteiger partial charge in [0.05, 0.1) is 5.41 Å². The van der Waals surface area contributed by atoms with Crippen LogP contribution >= 0.6 is 0 Å². The van der Waals surface area contributed by atoms with Crippen LogP contribution in [0.1, 0.15) is 32.3 Å². The topological polar surface area (TPSA) is 63.3 Å². The van der Waals surface area contributed by atoms with Gasteiger partial charge in [0, 0.05) is 5.69 Å².